The molecule has 4 nitrogen and oxygen atoms in total. The van der Waals surface area contributed by atoms with Gasteiger partial charge in [0.25, 0.3) is 0 Å². The van der Waals surface area contributed by atoms with Gasteiger partial charge in [-0.3, -0.25) is 9.05 Å². The lowest BCUT2D eigenvalue weighted by Crippen LogP contribution is -1.94. The molecule has 0 aliphatic carbocycles. The summed E-state index contributed by atoms with van der Waals surface area (Å²) in [6.45, 7) is 4.02. The van der Waals surface area contributed by atoms with Crippen LogP contribution < -0.4 is 0 Å². The monoisotopic (exact) mass is 329 g/mol. The van der Waals surface area contributed by atoms with Crippen LogP contribution in [0, 0.1) is 0 Å². The smallest absolute Gasteiger partial charge is 0.291 e. The predicted molar refractivity (Wildman–Crippen MR) is 93.7 cm³/mol. The van der Waals surface area contributed by atoms with E-state index in [0.29, 0.717) is 0 Å². The molecule has 0 aromatic heterocycles. The van der Waals surface area contributed by atoms with E-state index in [1.807, 2.05) is 60.7 Å². The van der Waals surface area contributed by atoms with Crippen molar-refractivity contribution in [2.45, 2.75) is 13.8 Å². The highest BCUT2D eigenvalue weighted by Crippen LogP contribution is 2.49. The van der Waals surface area contributed by atoms with Gasteiger partial charge in [-0.15, -0.1) is 4.76 Å². The zero-order valence-electron chi connectivity index (χ0n) is 13.3. The Hall–Kier alpha value is -1.96. The van der Waals surface area contributed by atoms with E-state index in [2.05, 4.69) is 10.6 Å². The summed E-state index contributed by atoms with van der Waals surface area (Å²) in [6.07, 6.45) is 0. The van der Waals surface area contributed by atoms with Crippen LogP contribution in [0.25, 0.3) is 5.57 Å². The summed E-state index contributed by atoms with van der Waals surface area (Å²) in [4.78, 5) is 0. The lowest BCUT2D eigenvalue weighted by atomic mass is 10.00. The summed E-state index contributed by atoms with van der Waals surface area (Å²) in [6, 6.07) is 19.4. The molecule has 0 saturated heterocycles. The first-order chi connectivity index (χ1) is 11.2. The second-order valence-corrected chi connectivity index (χ2v) is 6.28. The molecule has 0 N–H and O–H groups in total. The fraction of sp³-hybridized carbons (Fsp3) is 0.222. The summed E-state index contributed by atoms with van der Waals surface area (Å²) >= 11 is 0. The van der Waals surface area contributed by atoms with E-state index >= 15 is 0 Å². The number of nitrogens with zero attached hydrogens (tertiary/aromatic N) is 1. The minimum atomic E-state index is -3.52. The molecule has 0 bridgehead atoms. The van der Waals surface area contributed by atoms with Gasteiger partial charge in [-0.1, -0.05) is 60.7 Å². The molecule has 0 fully saturated rings. The van der Waals surface area contributed by atoms with E-state index in [9.17, 15) is 4.57 Å². The maximum Gasteiger partial charge on any atom is 0.461 e. The minimum Gasteiger partial charge on any atom is -0.291 e. The van der Waals surface area contributed by atoms with E-state index in [4.69, 9.17) is 9.05 Å². The molecule has 2 aromatic carbocycles. The van der Waals surface area contributed by atoms with Gasteiger partial charge in [0.05, 0.1) is 18.8 Å². The molecule has 0 atom stereocenters. The van der Waals surface area contributed by atoms with Crippen LogP contribution in [0.5, 0.6) is 0 Å². The highest BCUT2D eigenvalue weighted by molar-refractivity contribution is 7.52. The number of benzene rings is 2. The second kappa shape index (κ2) is 8.61. The molecule has 5 heteroatoms. The molecule has 0 aliphatic heterocycles. The highest BCUT2D eigenvalue weighted by Gasteiger charge is 2.21. The van der Waals surface area contributed by atoms with Gasteiger partial charge in [-0.05, 0) is 25.0 Å². The molecule has 0 amide bonds. The van der Waals surface area contributed by atoms with Crippen molar-refractivity contribution in [3.63, 3.8) is 0 Å². The van der Waals surface area contributed by atoms with E-state index in [0.717, 1.165) is 16.7 Å². The first kappa shape index (κ1) is 17.4. The molecular weight excluding hydrogens is 309 g/mol. The normalized spacial score (nSPS) is 10.9. The molecule has 0 spiro atoms. The van der Waals surface area contributed by atoms with Crippen molar-refractivity contribution in [2.75, 3.05) is 13.2 Å². The van der Waals surface area contributed by atoms with E-state index in [-0.39, 0.29) is 13.2 Å². The van der Waals surface area contributed by atoms with Gasteiger partial charge >= 0.3 is 7.75 Å². The van der Waals surface area contributed by atoms with Crippen LogP contribution in [0.1, 0.15) is 25.0 Å². The van der Waals surface area contributed by atoms with Gasteiger partial charge < -0.3 is 0 Å². The average Bonchev–Trinajstić information content (AvgIpc) is 2.57. The Bertz CT molecular complexity index is 671. The number of hydrogen-bond acceptors (Lipinski definition) is 3. The molecular formula is C18H20NO3P. The fourth-order valence-corrected chi connectivity index (χ4v) is 3.10. The minimum absolute atomic E-state index is 0.258. The molecule has 0 saturated carbocycles. The van der Waals surface area contributed by atoms with Crippen molar-refractivity contribution in [2.24, 2.45) is 4.76 Å². The van der Waals surface area contributed by atoms with Crippen molar-refractivity contribution in [1.82, 2.24) is 0 Å². The van der Waals surface area contributed by atoms with Gasteiger partial charge in [-0.25, -0.2) is 4.57 Å². The van der Waals surface area contributed by atoms with Crippen LogP contribution in [-0.4, -0.2) is 19.1 Å². The van der Waals surface area contributed by atoms with Gasteiger partial charge in [0.2, 0.25) is 0 Å². The molecule has 0 unspecified atom stereocenters. The van der Waals surface area contributed by atoms with Crippen molar-refractivity contribution in [1.29, 1.82) is 0 Å². The third kappa shape index (κ3) is 5.02. The molecule has 120 valence electrons. The van der Waals surface area contributed by atoms with Crippen LogP contribution >= 0.6 is 7.75 Å². The molecule has 2 aromatic rings. The van der Waals surface area contributed by atoms with Crippen molar-refractivity contribution in [3.8, 4) is 0 Å². The Morgan fingerprint density at radius 1 is 0.913 bits per heavy atom. The first-order valence-electron chi connectivity index (χ1n) is 7.53. The Kier molecular flexibility index (Phi) is 6.52. The summed E-state index contributed by atoms with van der Waals surface area (Å²) in [5.74, 6) is 2.89. The maximum atomic E-state index is 12.5. The summed E-state index contributed by atoms with van der Waals surface area (Å²) < 4.78 is 26.9. The van der Waals surface area contributed by atoms with Crippen LogP contribution in [0.4, 0.5) is 0 Å². The Labute approximate surface area is 137 Å². The number of hydrogen-bond donors (Lipinski definition) is 0. The Morgan fingerprint density at radius 3 is 1.74 bits per heavy atom. The third-order valence-electron chi connectivity index (χ3n) is 2.99. The SMILES string of the molecule is CCOP(=O)(N=C=C(c1ccccc1)c1ccccc1)OCC. The van der Waals surface area contributed by atoms with Crippen LogP contribution in [0.15, 0.2) is 65.4 Å². The Morgan fingerprint density at radius 2 is 1.35 bits per heavy atom. The summed E-state index contributed by atoms with van der Waals surface area (Å²) in [5.41, 5.74) is 2.61. The van der Waals surface area contributed by atoms with Crippen LogP contribution in [0.2, 0.25) is 0 Å². The van der Waals surface area contributed by atoms with Gasteiger partial charge in [0.1, 0.15) is 0 Å². The molecule has 23 heavy (non-hydrogen) atoms. The van der Waals surface area contributed by atoms with Crippen LogP contribution in [0.3, 0.4) is 0 Å². The standard InChI is InChI=1S/C18H20NO3P/c1-3-21-23(20,22-4-2)19-15-18(16-11-7-5-8-12-16)17-13-9-6-10-14-17/h5-14H,3-4H2,1-2H3. The van der Waals surface area contributed by atoms with Crippen molar-refractivity contribution < 1.29 is 13.6 Å². The number of rotatable bonds is 7. The quantitative estimate of drug-likeness (QED) is 0.532. The van der Waals surface area contributed by atoms with E-state index in [1.165, 1.54) is 0 Å². The molecule has 0 radical (unpaired) electrons. The first-order valence-corrected chi connectivity index (χ1v) is 9.03. The zero-order chi connectivity index (χ0) is 16.5. The lowest BCUT2D eigenvalue weighted by molar-refractivity contribution is 0.221. The largest absolute Gasteiger partial charge is 0.461 e. The van der Waals surface area contributed by atoms with E-state index < -0.39 is 7.75 Å². The maximum absolute atomic E-state index is 12.5. The highest BCUT2D eigenvalue weighted by atomic mass is 31.2. The van der Waals surface area contributed by atoms with Crippen LogP contribution in [-0.2, 0) is 13.6 Å². The summed E-state index contributed by atoms with van der Waals surface area (Å²) in [7, 11) is -3.52. The van der Waals surface area contributed by atoms with Gasteiger partial charge in [-0.2, -0.15) is 0 Å². The van der Waals surface area contributed by atoms with E-state index in [1.54, 1.807) is 13.8 Å². The zero-order valence-corrected chi connectivity index (χ0v) is 14.2. The topological polar surface area (TPSA) is 47.9 Å². The second-order valence-electron chi connectivity index (χ2n) is 4.62. The third-order valence-corrected chi connectivity index (χ3v) is 4.51. The predicted octanol–water partition coefficient (Wildman–Crippen LogP) is 4.97. The fourth-order valence-electron chi connectivity index (χ4n) is 2.04. The van der Waals surface area contributed by atoms with Crippen molar-refractivity contribution >= 4 is 19.2 Å². The molecule has 2 rings (SSSR count). The van der Waals surface area contributed by atoms with Gasteiger partial charge in [0, 0.05) is 5.87 Å². The molecule has 0 aliphatic rings. The average molecular weight is 329 g/mol. The lowest BCUT2D eigenvalue weighted by Gasteiger charge is -2.10. The summed E-state index contributed by atoms with van der Waals surface area (Å²) in [5, 5.41) is 0. The molecule has 0 heterocycles. The van der Waals surface area contributed by atoms with Crippen molar-refractivity contribution in [3.05, 3.63) is 71.8 Å². The van der Waals surface area contributed by atoms with Gasteiger partial charge in [0.15, 0.2) is 0 Å². The Balaban J connectivity index is 2.53.